The second kappa shape index (κ2) is 21.8. The van der Waals surface area contributed by atoms with Gasteiger partial charge in [0, 0.05) is 55.3 Å². The van der Waals surface area contributed by atoms with Crippen molar-refractivity contribution in [1.29, 1.82) is 0 Å². The minimum atomic E-state index is 0.615. The van der Waals surface area contributed by atoms with E-state index in [1.165, 1.54) is 89.2 Å². The molecule has 0 bridgehead atoms. The molecular formula is C32H69N5OS. The van der Waals surface area contributed by atoms with Crippen LogP contribution in [0, 0.1) is 5.92 Å². The zero-order valence-electron chi connectivity index (χ0n) is 28.0. The Morgan fingerprint density at radius 2 is 1.13 bits per heavy atom. The van der Waals surface area contributed by atoms with Crippen molar-refractivity contribution >= 4 is 11.8 Å². The minimum absolute atomic E-state index is 0.615. The Labute approximate surface area is 249 Å². The van der Waals surface area contributed by atoms with Crippen molar-refractivity contribution in [1.82, 2.24) is 24.5 Å². The first-order chi connectivity index (χ1) is 18.5. The van der Waals surface area contributed by atoms with E-state index in [0.29, 0.717) is 6.04 Å². The molecule has 5 aliphatic rings. The molecule has 5 unspecified atom stereocenters. The molecule has 7 heteroatoms. The molecule has 0 saturated carbocycles. The monoisotopic (exact) mass is 572 g/mol. The van der Waals surface area contributed by atoms with Gasteiger partial charge in [0.05, 0.1) is 13.2 Å². The highest BCUT2D eigenvalue weighted by Gasteiger charge is 2.15. The van der Waals surface area contributed by atoms with Crippen LogP contribution in [0.5, 0.6) is 0 Å². The van der Waals surface area contributed by atoms with Crippen LogP contribution in [0.15, 0.2) is 0 Å². The maximum atomic E-state index is 5.21. The molecule has 0 aromatic heterocycles. The maximum Gasteiger partial charge on any atom is 0.0619 e. The SMILES string of the molecule is CC1CCCCN1C.CC1CCCN(C)C1.CC1CCCN1C.CC1COCCN1C.CC1CSCCN1C. The Morgan fingerprint density at radius 1 is 0.564 bits per heavy atom. The minimum Gasteiger partial charge on any atom is -0.379 e. The summed E-state index contributed by atoms with van der Waals surface area (Å²) in [7, 11) is 10.9. The van der Waals surface area contributed by atoms with Gasteiger partial charge in [0.25, 0.3) is 0 Å². The van der Waals surface area contributed by atoms with Crippen molar-refractivity contribution in [3.63, 3.8) is 0 Å². The molecule has 0 aromatic carbocycles. The average molecular weight is 572 g/mol. The van der Waals surface area contributed by atoms with Gasteiger partial charge in [-0.05, 0) is 127 Å². The fourth-order valence-electron chi connectivity index (χ4n) is 5.36. The Hall–Kier alpha value is 0.110. The summed E-state index contributed by atoms with van der Waals surface area (Å²) >= 11 is 2.07. The van der Waals surface area contributed by atoms with Crippen molar-refractivity contribution in [2.24, 2.45) is 5.92 Å². The Balaban J connectivity index is 0.000000244. The van der Waals surface area contributed by atoms with E-state index in [0.717, 1.165) is 43.8 Å². The number of rotatable bonds is 0. The van der Waals surface area contributed by atoms with Gasteiger partial charge in [0.2, 0.25) is 0 Å². The van der Waals surface area contributed by atoms with Gasteiger partial charge in [-0.15, -0.1) is 0 Å². The number of hydrogen-bond acceptors (Lipinski definition) is 7. The van der Waals surface area contributed by atoms with Crippen molar-refractivity contribution in [3.05, 3.63) is 0 Å². The molecule has 5 heterocycles. The second-order valence-electron chi connectivity index (χ2n) is 13.1. The number of likely N-dealkylation sites (N-methyl/N-ethyl adjacent to an activating group) is 1. The molecule has 234 valence electrons. The summed E-state index contributed by atoms with van der Waals surface area (Å²) in [6.45, 7) is 20.8. The third-order valence-corrected chi connectivity index (χ3v) is 10.5. The summed E-state index contributed by atoms with van der Waals surface area (Å²) in [4.78, 5) is 12.0. The van der Waals surface area contributed by atoms with Crippen molar-refractivity contribution in [2.75, 3.05) is 99.2 Å². The van der Waals surface area contributed by atoms with E-state index in [1.807, 2.05) is 0 Å². The normalized spacial score (nSPS) is 33.2. The second-order valence-corrected chi connectivity index (χ2v) is 14.3. The zero-order valence-corrected chi connectivity index (χ0v) is 28.8. The topological polar surface area (TPSA) is 25.4 Å². The number of likely N-dealkylation sites (tertiary alicyclic amines) is 3. The van der Waals surface area contributed by atoms with E-state index in [9.17, 15) is 0 Å². The maximum absolute atomic E-state index is 5.21. The van der Waals surface area contributed by atoms with Crippen LogP contribution in [-0.4, -0.2) is 148 Å². The fraction of sp³-hybridized carbons (Fsp3) is 1.00. The Morgan fingerprint density at radius 3 is 1.46 bits per heavy atom. The lowest BCUT2D eigenvalue weighted by atomic mass is 10.0. The average Bonchev–Trinajstić information content (AvgIpc) is 3.28. The first-order valence-corrected chi connectivity index (χ1v) is 17.3. The lowest BCUT2D eigenvalue weighted by Gasteiger charge is -2.29. The highest BCUT2D eigenvalue weighted by molar-refractivity contribution is 7.99. The summed E-state index contributed by atoms with van der Waals surface area (Å²) in [5.41, 5.74) is 0. The fourth-order valence-corrected chi connectivity index (χ4v) is 6.54. The van der Waals surface area contributed by atoms with E-state index in [-0.39, 0.29) is 0 Å². The summed E-state index contributed by atoms with van der Waals surface area (Å²) in [6.07, 6.45) is 9.87. The third kappa shape index (κ3) is 17.6. The lowest BCUT2D eigenvalue weighted by molar-refractivity contribution is 0.0131. The van der Waals surface area contributed by atoms with Gasteiger partial charge in [-0.1, -0.05) is 13.3 Å². The predicted molar refractivity (Wildman–Crippen MR) is 175 cm³/mol. The molecule has 0 amide bonds. The largest absolute Gasteiger partial charge is 0.379 e. The van der Waals surface area contributed by atoms with Gasteiger partial charge in [-0.25, -0.2) is 0 Å². The van der Waals surface area contributed by atoms with E-state index >= 15 is 0 Å². The van der Waals surface area contributed by atoms with Crippen LogP contribution in [0.25, 0.3) is 0 Å². The van der Waals surface area contributed by atoms with E-state index in [1.54, 1.807) is 0 Å². The lowest BCUT2D eigenvalue weighted by Crippen LogP contribution is -2.40. The molecule has 5 atom stereocenters. The van der Waals surface area contributed by atoms with Gasteiger partial charge in [-0.2, -0.15) is 11.8 Å². The summed E-state index contributed by atoms with van der Waals surface area (Å²) in [5.74, 6) is 3.57. The molecule has 0 aromatic rings. The Bertz CT molecular complexity index is 491. The number of morpholine rings is 1. The van der Waals surface area contributed by atoms with Gasteiger partial charge in [0.15, 0.2) is 0 Å². The molecule has 0 aliphatic carbocycles. The molecule has 5 saturated heterocycles. The smallest absolute Gasteiger partial charge is 0.0619 e. The van der Waals surface area contributed by atoms with Gasteiger partial charge in [0.1, 0.15) is 0 Å². The zero-order chi connectivity index (χ0) is 29.2. The van der Waals surface area contributed by atoms with Gasteiger partial charge >= 0.3 is 0 Å². The molecule has 39 heavy (non-hydrogen) atoms. The molecule has 0 spiro atoms. The molecule has 0 radical (unpaired) electrons. The van der Waals surface area contributed by atoms with Crippen LogP contribution in [0.1, 0.15) is 79.6 Å². The van der Waals surface area contributed by atoms with Crippen molar-refractivity contribution in [3.8, 4) is 0 Å². The van der Waals surface area contributed by atoms with Crippen LogP contribution in [0.3, 0.4) is 0 Å². The van der Waals surface area contributed by atoms with E-state index in [2.05, 4.69) is 106 Å². The number of thioether (sulfide) groups is 1. The first-order valence-electron chi connectivity index (χ1n) is 16.2. The van der Waals surface area contributed by atoms with Crippen LogP contribution in [0.2, 0.25) is 0 Å². The predicted octanol–water partition coefficient (Wildman–Crippen LogP) is 5.33. The van der Waals surface area contributed by atoms with Crippen LogP contribution in [-0.2, 0) is 4.74 Å². The molecule has 5 aliphatic heterocycles. The van der Waals surface area contributed by atoms with Gasteiger partial charge < -0.3 is 24.3 Å². The molecule has 5 rings (SSSR count). The van der Waals surface area contributed by atoms with Crippen molar-refractivity contribution < 1.29 is 4.74 Å². The summed E-state index contributed by atoms with van der Waals surface area (Å²) < 4.78 is 5.21. The highest BCUT2D eigenvalue weighted by Crippen LogP contribution is 2.15. The number of nitrogens with zero attached hydrogens (tertiary/aromatic N) is 5. The quantitative estimate of drug-likeness (QED) is 0.388. The number of hydrogen-bond donors (Lipinski definition) is 0. The number of piperidine rings is 2. The summed E-state index contributed by atoms with van der Waals surface area (Å²) in [5, 5.41) is 0. The number of ether oxygens (including phenoxy) is 1. The Kier molecular flexibility index (Phi) is 20.7. The molecular weight excluding hydrogens is 502 g/mol. The first kappa shape index (κ1) is 37.1. The van der Waals surface area contributed by atoms with Crippen LogP contribution in [0.4, 0.5) is 0 Å². The highest BCUT2D eigenvalue weighted by atomic mass is 32.2. The van der Waals surface area contributed by atoms with Crippen LogP contribution < -0.4 is 0 Å². The van der Waals surface area contributed by atoms with Crippen molar-refractivity contribution in [2.45, 2.75) is 104 Å². The third-order valence-electron chi connectivity index (χ3n) is 9.28. The molecule has 0 N–H and O–H groups in total. The van der Waals surface area contributed by atoms with Crippen LogP contribution >= 0.6 is 11.8 Å². The van der Waals surface area contributed by atoms with E-state index in [4.69, 9.17) is 4.74 Å². The standard InChI is InChI=1S/2C7H15N.C6H13NO.C6H13NS.C6H13N/c1-7-4-3-5-8(2)6-7;1-7-5-3-4-6-8(7)2;2*1-6-5-8-4-3-7(6)2;1-6-4-3-5-7(6)2/h2*7H,3-6H2,1-2H3;2*6H,3-5H2,1-2H3;6H,3-5H2,1-2H3. The summed E-state index contributed by atoms with van der Waals surface area (Å²) in [6, 6.07) is 3.10. The van der Waals surface area contributed by atoms with E-state index < -0.39 is 0 Å². The molecule has 6 nitrogen and oxygen atoms in total. The van der Waals surface area contributed by atoms with Gasteiger partial charge in [-0.3, -0.25) is 4.90 Å². The molecule has 5 fully saturated rings.